The third kappa shape index (κ3) is 43.5. The largest absolute Gasteiger partial charge is 0.377 e. The topological polar surface area (TPSA) is 142 Å². The monoisotopic (exact) mass is 1080 g/mol. The van der Waals surface area contributed by atoms with Crippen LogP contribution in [0.1, 0.15) is 260 Å². The molecule has 0 aliphatic carbocycles. The van der Waals surface area contributed by atoms with Crippen LogP contribution < -0.4 is 16.0 Å². The summed E-state index contributed by atoms with van der Waals surface area (Å²) < 4.78 is 17.2. The molecule has 4 amide bonds. The van der Waals surface area contributed by atoms with E-state index in [9.17, 15) is 19.2 Å². The van der Waals surface area contributed by atoms with Gasteiger partial charge in [-0.3, -0.25) is 19.2 Å². The first-order valence-electron chi connectivity index (χ1n) is 32.1. The zero-order chi connectivity index (χ0) is 56.1. The molecule has 3 N–H and O–H groups in total. The van der Waals surface area contributed by atoms with Crippen LogP contribution in [0, 0.1) is 11.8 Å². The van der Waals surface area contributed by atoms with Crippen molar-refractivity contribution in [2.45, 2.75) is 272 Å². The number of hydrogen-bond acceptors (Lipinski definition) is 9. The second-order valence-corrected chi connectivity index (χ2v) is 23.0. The second kappa shape index (κ2) is 54.6. The lowest BCUT2D eigenvalue weighted by Crippen LogP contribution is -2.53. The summed E-state index contributed by atoms with van der Waals surface area (Å²) in [5.74, 6) is -0.149. The highest BCUT2D eigenvalue weighted by molar-refractivity contribution is 5.88. The minimum atomic E-state index is -0.524. The van der Waals surface area contributed by atoms with Crippen molar-refractivity contribution in [1.82, 2.24) is 30.7 Å². The lowest BCUT2D eigenvalue weighted by molar-refractivity contribution is -0.142. The average molecular weight is 1080 g/mol. The highest BCUT2D eigenvalue weighted by atomic mass is 16.5. The Bertz CT molecular complexity index is 1320. The quantitative estimate of drug-likeness (QED) is 0.0508. The standard InChI is InChI=1S/C63H126N6O7/c1-10-12-14-16-18-20-22-24-26-28-30-32-34-36-38-42-58(70)68(48-40-44-64-7)60(56(3)4)62(72)65-45-50-74-52-54-76-55-53-75-51-46-66-63(73)61(57(5)6)69(49-41-47-67(8)9)59(71)43-39-37-35-33-31-29-27-25-23-21-19-17-15-13-11-2/h56-57,60-61,64H,10-55H2,1-9H3,(H,65,72)(H,66,73). The molecular formula is C63H126N6O7. The molecule has 450 valence electrons. The van der Waals surface area contributed by atoms with E-state index in [1.807, 2.05) is 58.6 Å². The van der Waals surface area contributed by atoms with Crippen molar-refractivity contribution in [3.05, 3.63) is 0 Å². The van der Waals surface area contributed by atoms with E-state index in [-0.39, 0.29) is 35.5 Å². The van der Waals surface area contributed by atoms with Crippen LogP contribution in [0.15, 0.2) is 0 Å². The number of nitrogens with zero attached hydrogens (tertiary/aromatic N) is 3. The number of carbonyl (C=O) groups is 4. The lowest BCUT2D eigenvalue weighted by Gasteiger charge is -2.34. The smallest absolute Gasteiger partial charge is 0.243 e. The first-order chi connectivity index (χ1) is 36.9. The van der Waals surface area contributed by atoms with Crippen LogP contribution in [-0.4, -0.2) is 150 Å². The van der Waals surface area contributed by atoms with E-state index >= 15 is 0 Å². The number of rotatable bonds is 58. The van der Waals surface area contributed by atoms with E-state index in [0.717, 1.165) is 51.6 Å². The lowest BCUT2D eigenvalue weighted by atomic mass is 9.99. The van der Waals surface area contributed by atoms with Gasteiger partial charge < -0.3 is 44.9 Å². The molecule has 0 saturated carbocycles. The molecule has 2 unspecified atom stereocenters. The fraction of sp³-hybridized carbons (Fsp3) is 0.937. The van der Waals surface area contributed by atoms with Gasteiger partial charge in [-0.05, 0) is 71.8 Å². The molecule has 0 bridgehead atoms. The Morgan fingerprint density at radius 2 is 0.658 bits per heavy atom. The summed E-state index contributed by atoms with van der Waals surface area (Å²) in [6, 6.07) is -1.05. The van der Waals surface area contributed by atoms with Gasteiger partial charge in [0.25, 0.3) is 0 Å². The fourth-order valence-corrected chi connectivity index (χ4v) is 10.3. The molecule has 0 aromatic heterocycles. The number of nitrogens with one attached hydrogen (secondary N) is 3. The van der Waals surface area contributed by atoms with E-state index in [1.54, 1.807) is 0 Å². The number of carbonyl (C=O) groups excluding carboxylic acids is 4. The van der Waals surface area contributed by atoms with Gasteiger partial charge in [-0.2, -0.15) is 0 Å². The van der Waals surface area contributed by atoms with E-state index < -0.39 is 12.1 Å². The molecule has 0 aromatic rings. The second-order valence-electron chi connectivity index (χ2n) is 23.0. The van der Waals surface area contributed by atoms with E-state index in [4.69, 9.17) is 14.2 Å². The van der Waals surface area contributed by atoms with E-state index in [2.05, 4.69) is 34.7 Å². The zero-order valence-electron chi connectivity index (χ0n) is 51.5. The normalized spacial score (nSPS) is 12.5. The highest BCUT2D eigenvalue weighted by Crippen LogP contribution is 2.20. The van der Waals surface area contributed by atoms with Crippen molar-refractivity contribution in [1.29, 1.82) is 0 Å². The minimum absolute atomic E-state index is 0.0215. The van der Waals surface area contributed by atoms with Gasteiger partial charge in [0.05, 0.1) is 39.6 Å². The Balaban J connectivity index is 4.50. The van der Waals surface area contributed by atoms with Crippen LogP contribution in [0.3, 0.4) is 0 Å². The van der Waals surface area contributed by atoms with Crippen LogP contribution in [0.5, 0.6) is 0 Å². The zero-order valence-corrected chi connectivity index (χ0v) is 51.5. The summed E-state index contributed by atoms with van der Waals surface area (Å²) in [4.78, 5) is 60.2. The Morgan fingerprint density at radius 1 is 0.368 bits per heavy atom. The van der Waals surface area contributed by atoms with Crippen molar-refractivity contribution < 1.29 is 33.4 Å². The number of ether oxygens (including phenoxy) is 3. The first kappa shape index (κ1) is 73.7. The van der Waals surface area contributed by atoms with Crippen molar-refractivity contribution in [3.63, 3.8) is 0 Å². The first-order valence-corrected chi connectivity index (χ1v) is 32.1. The number of hydrogen-bond donors (Lipinski definition) is 3. The van der Waals surface area contributed by atoms with Crippen molar-refractivity contribution in [2.24, 2.45) is 11.8 Å². The average Bonchev–Trinajstić information content (AvgIpc) is 3.38. The Morgan fingerprint density at radius 3 is 0.947 bits per heavy atom. The summed E-state index contributed by atoms with van der Waals surface area (Å²) in [6.45, 7) is 18.3. The van der Waals surface area contributed by atoms with E-state index in [1.165, 1.54) is 167 Å². The fourth-order valence-electron chi connectivity index (χ4n) is 10.3. The summed E-state index contributed by atoms with van der Waals surface area (Å²) in [5.41, 5.74) is 0. The van der Waals surface area contributed by atoms with Crippen molar-refractivity contribution in [2.75, 3.05) is 100 Å². The Labute approximate surface area is 469 Å². The summed E-state index contributed by atoms with van der Waals surface area (Å²) in [6.07, 6.45) is 41.2. The molecule has 76 heavy (non-hydrogen) atoms. The molecule has 0 rings (SSSR count). The summed E-state index contributed by atoms with van der Waals surface area (Å²) >= 11 is 0. The molecule has 0 aliphatic heterocycles. The minimum Gasteiger partial charge on any atom is -0.377 e. The molecule has 13 nitrogen and oxygen atoms in total. The van der Waals surface area contributed by atoms with Crippen LogP contribution >= 0.6 is 0 Å². The maximum absolute atomic E-state index is 13.7. The van der Waals surface area contributed by atoms with Crippen LogP contribution in [-0.2, 0) is 33.4 Å². The summed E-state index contributed by atoms with van der Waals surface area (Å²) in [5, 5.41) is 9.25. The van der Waals surface area contributed by atoms with Crippen LogP contribution in [0.25, 0.3) is 0 Å². The maximum Gasteiger partial charge on any atom is 0.243 e. The third-order valence-electron chi connectivity index (χ3n) is 14.8. The van der Waals surface area contributed by atoms with Gasteiger partial charge in [0, 0.05) is 39.0 Å². The number of unbranched alkanes of at least 4 members (excludes halogenated alkanes) is 28. The van der Waals surface area contributed by atoms with Gasteiger partial charge in [0.2, 0.25) is 23.6 Å². The van der Waals surface area contributed by atoms with Gasteiger partial charge in [0.15, 0.2) is 0 Å². The highest BCUT2D eigenvalue weighted by Gasteiger charge is 2.33. The van der Waals surface area contributed by atoms with Gasteiger partial charge >= 0.3 is 0 Å². The molecule has 0 saturated heterocycles. The molecule has 0 radical (unpaired) electrons. The number of amides is 4. The SMILES string of the molecule is CCCCCCCCCCCCCCCCCC(=O)N(CCCNC)C(C(=O)NCCOCCOCCOCCNC(=O)C(C(C)C)N(CCCN(C)C)C(=O)CCCCCCCCCCCCCCCCC)C(C)C. The molecule has 13 heteroatoms. The Kier molecular flexibility index (Phi) is 53.0. The molecule has 0 aromatic carbocycles. The maximum atomic E-state index is 13.7. The molecule has 2 atom stereocenters. The molecule has 0 heterocycles. The van der Waals surface area contributed by atoms with Crippen molar-refractivity contribution >= 4 is 23.6 Å². The van der Waals surface area contributed by atoms with Gasteiger partial charge in [-0.15, -0.1) is 0 Å². The predicted octanol–water partition coefficient (Wildman–Crippen LogP) is 13.1. The van der Waals surface area contributed by atoms with E-state index in [0.29, 0.717) is 78.7 Å². The van der Waals surface area contributed by atoms with Gasteiger partial charge in [-0.1, -0.05) is 221 Å². The summed E-state index contributed by atoms with van der Waals surface area (Å²) in [7, 11) is 5.98. The van der Waals surface area contributed by atoms with Crippen LogP contribution in [0.2, 0.25) is 0 Å². The van der Waals surface area contributed by atoms with Crippen LogP contribution in [0.4, 0.5) is 0 Å². The van der Waals surface area contributed by atoms with Gasteiger partial charge in [0.1, 0.15) is 12.1 Å². The van der Waals surface area contributed by atoms with Gasteiger partial charge in [-0.25, -0.2) is 0 Å². The molecule has 0 aliphatic rings. The predicted molar refractivity (Wildman–Crippen MR) is 320 cm³/mol. The third-order valence-corrected chi connectivity index (χ3v) is 14.8. The Hall–Kier alpha value is -2.32. The molecule has 0 fully saturated rings. The molecular weight excluding hydrogens is 953 g/mol. The molecule has 0 spiro atoms. The van der Waals surface area contributed by atoms with Crippen molar-refractivity contribution in [3.8, 4) is 0 Å².